The van der Waals surface area contributed by atoms with Crippen LogP contribution in [-0.2, 0) is 6.42 Å². The first kappa shape index (κ1) is 11.4. The van der Waals surface area contributed by atoms with Gasteiger partial charge in [0.1, 0.15) is 0 Å². The quantitative estimate of drug-likeness (QED) is 0.827. The van der Waals surface area contributed by atoms with Crippen molar-refractivity contribution >= 4 is 0 Å². The zero-order chi connectivity index (χ0) is 11.6. The Hall–Kier alpha value is -1.09. The standard InChI is InChI=1S/C13H18FNO/c1-15-9-13(5-6-13)8-10-3-4-12(16-2)11(14)7-10/h3-4,7,15H,5-6,8-9H2,1-2H3. The molecule has 2 rings (SSSR count). The van der Waals surface area contributed by atoms with Crippen molar-refractivity contribution in [3.63, 3.8) is 0 Å². The molecule has 16 heavy (non-hydrogen) atoms. The molecule has 0 aliphatic heterocycles. The van der Waals surface area contributed by atoms with Gasteiger partial charge in [-0.3, -0.25) is 0 Å². The topological polar surface area (TPSA) is 21.3 Å². The Morgan fingerprint density at radius 1 is 1.44 bits per heavy atom. The van der Waals surface area contributed by atoms with E-state index in [1.165, 1.54) is 20.0 Å². The van der Waals surface area contributed by atoms with E-state index in [4.69, 9.17) is 4.74 Å². The van der Waals surface area contributed by atoms with Crippen LogP contribution < -0.4 is 10.1 Å². The number of hydrogen-bond donors (Lipinski definition) is 1. The van der Waals surface area contributed by atoms with Gasteiger partial charge in [-0.05, 0) is 49.4 Å². The van der Waals surface area contributed by atoms with Crippen LogP contribution in [-0.4, -0.2) is 20.7 Å². The molecule has 1 fully saturated rings. The Morgan fingerprint density at radius 2 is 2.19 bits per heavy atom. The average molecular weight is 223 g/mol. The average Bonchev–Trinajstić information content (AvgIpc) is 2.99. The first-order valence-electron chi connectivity index (χ1n) is 5.66. The van der Waals surface area contributed by atoms with Gasteiger partial charge >= 0.3 is 0 Å². The molecule has 0 radical (unpaired) electrons. The van der Waals surface area contributed by atoms with Crippen molar-refractivity contribution in [1.82, 2.24) is 5.32 Å². The van der Waals surface area contributed by atoms with Gasteiger partial charge in [0.2, 0.25) is 0 Å². The van der Waals surface area contributed by atoms with Crippen molar-refractivity contribution < 1.29 is 9.13 Å². The summed E-state index contributed by atoms with van der Waals surface area (Å²) in [4.78, 5) is 0. The minimum absolute atomic E-state index is 0.264. The molecule has 1 aromatic rings. The lowest BCUT2D eigenvalue weighted by Gasteiger charge is -2.14. The monoisotopic (exact) mass is 223 g/mol. The van der Waals surface area contributed by atoms with E-state index < -0.39 is 0 Å². The SMILES string of the molecule is CNCC1(Cc2ccc(OC)c(F)c2)CC1. The van der Waals surface area contributed by atoms with Gasteiger partial charge in [-0.25, -0.2) is 4.39 Å². The van der Waals surface area contributed by atoms with Crippen molar-refractivity contribution in [2.75, 3.05) is 20.7 Å². The molecule has 0 aromatic heterocycles. The third-order valence-corrected chi connectivity index (χ3v) is 3.30. The van der Waals surface area contributed by atoms with E-state index in [0.717, 1.165) is 18.5 Å². The van der Waals surface area contributed by atoms with Crippen molar-refractivity contribution in [1.29, 1.82) is 0 Å². The second kappa shape index (κ2) is 4.42. The maximum atomic E-state index is 13.5. The number of halogens is 1. The largest absolute Gasteiger partial charge is 0.494 e. The highest BCUT2D eigenvalue weighted by atomic mass is 19.1. The van der Waals surface area contributed by atoms with Crippen LogP contribution in [0.4, 0.5) is 4.39 Å². The fourth-order valence-electron chi connectivity index (χ4n) is 2.22. The molecule has 0 heterocycles. The number of rotatable bonds is 5. The summed E-state index contributed by atoms with van der Waals surface area (Å²) in [5.74, 6) is 0.0578. The molecule has 2 nitrogen and oxygen atoms in total. The second-order valence-corrected chi connectivity index (χ2v) is 4.68. The van der Waals surface area contributed by atoms with Gasteiger partial charge in [0, 0.05) is 6.54 Å². The summed E-state index contributed by atoms with van der Waals surface area (Å²) in [6.45, 7) is 1.01. The lowest BCUT2D eigenvalue weighted by molar-refractivity contribution is 0.385. The van der Waals surface area contributed by atoms with Crippen LogP contribution in [0.5, 0.6) is 5.75 Å². The van der Waals surface area contributed by atoms with Crippen LogP contribution in [0.1, 0.15) is 18.4 Å². The summed E-state index contributed by atoms with van der Waals surface area (Å²) < 4.78 is 18.4. The van der Waals surface area contributed by atoms with Gasteiger partial charge in [-0.1, -0.05) is 6.07 Å². The normalized spacial score (nSPS) is 17.2. The fraction of sp³-hybridized carbons (Fsp3) is 0.538. The second-order valence-electron chi connectivity index (χ2n) is 4.68. The highest BCUT2D eigenvalue weighted by molar-refractivity contribution is 5.30. The number of hydrogen-bond acceptors (Lipinski definition) is 2. The zero-order valence-electron chi connectivity index (χ0n) is 9.85. The Labute approximate surface area is 95.8 Å². The van der Waals surface area contributed by atoms with Crippen LogP contribution in [0.2, 0.25) is 0 Å². The van der Waals surface area contributed by atoms with Crippen molar-refractivity contribution in [3.05, 3.63) is 29.6 Å². The van der Waals surface area contributed by atoms with Gasteiger partial charge in [0.25, 0.3) is 0 Å². The van der Waals surface area contributed by atoms with Crippen LogP contribution in [0.15, 0.2) is 18.2 Å². The summed E-state index contributed by atoms with van der Waals surface area (Å²) in [6, 6.07) is 5.26. The van der Waals surface area contributed by atoms with E-state index in [-0.39, 0.29) is 5.82 Å². The highest BCUT2D eigenvalue weighted by Gasteiger charge is 2.41. The molecule has 0 amide bonds. The first-order chi connectivity index (χ1) is 7.69. The van der Waals surface area contributed by atoms with Gasteiger partial charge < -0.3 is 10.1 Å². The van der Waals surface area contributed by atoms with Crippen molar-refractivity contribution in [3.8, 4) is 5.75 Å². The summed E-state index contributed by atoms with van der Waals surface area (Å²) in [5.41, 5.74) is 1.43. The van der Waals surface area contributed by atoms with Gasteiger partial charge in [-0.2, -0.15) is 0 Å². The fourth-order valence-corrected chi connectivity index (χ4v) is 2.22. The molecule has 0 atom stereocenters. The molecule has 88 valence electrons. The molecule has 0 saturated heterocycles. The number of ether oxygens (including phenoxy) is 1. The molecule has 3 heteroatoms. The van der Waals surface area contributed by atoms with Gasteiger partial charge in [0.15, 0.2) is 11.6 Å². The summed E-state index contributed by atoms with van der Waals surface area (Å²) in [5, 5.41) is 3.21. The van der Waals surface area contributed by atoms with E-state index in [1.807, 2.05) is 13.1 Å². The number of methoxy groups -OCH3 is 1. The third kappa shape index (κ3) is 2.35. The number of nitrogens with one attached hydrogen (secondary N) is 1. The zero-order valence-corrected chi connectivity index (χ0v) is 9.85. The van der Waals surface area contributed by atoms with E-state index in [2.05, 4.69) is 5.32 Å². The van der Waals surface area contributed by atoms with E-state index in [1.54, 1.807) is 12.1 Å². The molecule has 1 saturated carbocycles. The van der Waals surface area contributed by atoms with Crippen LogP contribution in [0.25, 0.3) is 0 Å². The Kier molecular flexibility index (Phi) is 3.15. The predicted octanol–water partition coefficient (Wildman–Crippen LogP) is 2.38. The maximum absolute atomic E-state index is 13.5. The molecule has 1 aliphatic rings. The molecule has 1 N–H and O–H groups in total. The minimum Gasteiger partial charge on any atom is -0.494 e. The molecular formula is C13H18FNO. The van der Waals surface area contributed by atoms with Gasteiger partial charge in [-0.15, -0.1) is 0 Å². The Balaban J connectivity index is 2.08. The van der Waals surface area contributed by atoms with E-state index >= 15 is 0 Å². The molecule has 0 bridgehead atoms. The molecule has 1 aromatic carbocycles. The first-order valence-corrected chi connectivity index (χ1v) is 5.66. The summed E-state index contributed by atoms with van der Waals surface area (Å²) in [7, 11) is 3.45. The molecule has 0 unspecified atom stereocenters. The van der Waals surface area contributed by atoms with Crippen molar-refractivity contribution in [2.24, 2.45) is 5.41 Å². The van der Waals surface area contributed by atoms with E-state index in [9.17, 15) is 4.39 Å². The summed E-state index contributed by atoms with van der Waals surface area (Å²) >= 11 is 0. The minimum atomic E-state index is -0.264. The number of benzene rings is 1. The Bertz CT molecular complexity index is 374. The highest BCUT2D eigenvalue weighted by Crippen LogP contribution is 2.47. The molecule has 1 aliphatic carbocycles. The Morgan fingerprint density at radius 3 is 2.69 bits per heavy atom. The predicted molar refractivity (Wildman–Crippen MR) is 62.2 cm³/mol. The van der Waals surface area contributed by atoms with Crippen LogP contribution in [0, 0.1) is 11.2 Å². The molecular weight excluding hydrogens is 205 g/mol. The smallest absolute Gasteiger partial charge is 0.165 e. The van der Waals surface area contributed by atoms with Crippen molar-refractivity contribution in [2.45, 2.75) is 19.3 Å². The summed E-state index contributed by atoms with van der Waals surface area (Å²) in [6.07, 6.45) is 3.43. The third-order valence-electron chi connectivity index (χ3n) is 3.30. The van der Waals surface area contributed by atoms with Crippen LogP contribution >= 0.6 is 0 Å². The maximum Gasteiger partial charge on any atom is 0.165 e. The van der Waals surface area contributed by atoms with E-state index in [0.29, 0.717) is 11.2 Å². The van der Waals surface area contributed by atoms with Gasteiger partial charge in [0.05, 0.1) is 7.11 Å². The molecule has 0 spiro atoms. The lowest BCUT2D eigenvalue weighted by Crippen LogP contribution is -2.21. The lowest BCUT2D eigenvalue weighted by atomic mass is 9.96. The van der Waals surface area contributed by atoms with Crippen LogP contribution in [0.3, 0.4) is 0 Å².